The summed E-state index contributed by atoms with van der Waals surface area (Å²) in [6.07, 6.45) is -3.48. The molecule has 1 heterocycles. The third kappa shape index (κ3) is 2.77. The predicted octanol–water partition coefficient (Wildman–Crippen LogP) is 1.02. The summed E-state index contributed by atoms with van der Waals surface area (Å²) in [4.78, 5) is 3.51. The number of nitrogens with zero attached hydrogens (tertiary/aromatic N) is 1. The molecule has 7 heteroatoms. The Kier molecular flexibility index (Phi) is 2.80. The average molecular weight is 207 g/mol. The first-order valence-corrected chi connectivity index (χ1v) is 3.62. The normalized spacial score (nSPS) is 11.4. The van der Waals surface area contributed by atoms with Crippen LogP contribution < -0.4 is 16.2 Å². The molecular weight excluding hydrogens is 199 g/mol. The van der Waals surface area contributed by atoms with Gasteiger partial charge < -0.3 is 16.2 Å². The summed E-state index contributed by atoms with van der Waals surface area (Å²) < 4.78 is 39.1. The summed E-state index contributed by atoms with van der Waals surface area (Å²) >= 11 is 0. The van der Waals surface area contributed by atoms with Crippen molar-refractivity contribution in [2.24, 2.45) is 5.73 Å². The van der Waals surface area contributed by atoms with E-state index in [4.69, 9.17) is 11.5 Å². The average Bonchev–Trinajstić information content (AvgIpc) is 2.06. The fourth-order valence-corrected chi connectivity index (χ4v) is 0.814. The highest BCUT2D eigenvalue weighted by molar-refractivity contribution is 5.47. The van der Waals surface area contributed by atoms with Crippen LogP contribution in [0.4, 0.5) is 19.0 Å². The zero-order valence-corrected chi connectivity index (χ0v) is 7.01. The van der Waals surface area contributed by atoms with E-state index in [1.165, 1.54) is 6.20 Å². The third-order valence-corrected chi connectivity index (χ3v) is 1.40. The van der Waals surface area contributed by atoms with E-state index in [0.29, 0.717) is 5.56 Å². The summed E-state index contributed by atoms with van der Waals surface area (Å²) in [6.45, 7) is 0.0709. The van der Waals surface area contributed by atoms with Gasteiger partial charge in [-0.05, 0) is 11.6 Å². The molecule has 0 amide bonds. The molecule has 0 unspecified atom stereocenters. The minimum atomic E-state index is -4.77. The Labute approximate surface area is 77.7 Å². The highest BCUT2D eigenvalue weighted by Gasteiger charge is 2.32. The Balaban J connectivity index is 2.95. The second kappa shape index (κ2) is 3.70. The molecule has 0 aliphatic carbocycles. The first-order chi connectivity index (χ1) is 6.42. The zero-order chi connectivity index (χ0) is 10.8. The smallest absolute Gasteiger partial charge is 0.402 e. The number of anilines is 1. The molecule has 1 aromatic heterocycles. The Bertz CT molecular complexity index is 326. The Morgan fingerprint density at radius 2 is 2.07 bits per heavy atom. The molecule has 4 nitrogen and oxygen atoms in total. The predicted molar refractivity (Wildman–Crippen MR) is 43.2 cm³/mol. The summed E-state index contributed by atoms with van der Waals surface area (Å²) in [7, 11) is 0. The van der Waals surface area contributed by atoms with Gasteiger partial charge in [-0.3, -0.25) is 0 Å². The van der Waals surface area contributed by atoms with E-state index < -0.39 is 12.1 Å². The van der Waals surface area contributed by atoms with E-state index in [2.05, 4.69) is 9.72 Å². The molecule has 14 heavy (non-hydrogen) atoms. The Morgan fingerprint density at radius 1 is 1.43 bits per heavy atom. The molecule has 0 bridgehead atoms. The number of hydrogen-bond acceptors (Lipinski definition) is 4. The quantitative estimate of drug-likeness (QED) is 0.759. The number of nitrogens with two attached hydrogens (primary N) is 2. The molecule has 0 aromatic carbocycles. The molecule has 0 atom stereocenters. The Morgan fingerprint density at radius 3 is 2.57 bits per heavy atom. The second-order valence-electron chi connectivity index (χ2n) is 2.48. The molecule has 1 rings (SSSR count). The van der Waals surface area contributed by atoms with Crippen LogP contribution >= 0.6 is 0 Å². The number of nitrogen functional groups attached to an aromatic ring is 1. The summed E-state index contributed by atoms with van der Waals surface area (Å²) in [5.74, 6) is -0.847. The summed E-state index contributed by atoms with van der Waals surface area (Å²) in [5.41, 5.74) is 10.8. The third-order valence-electron chi connectivity index (χ3n) is 1.40. The lowest BCUT2D eigenvalue weighted by Gasteiger charge is -2.10. The molecule has 0 saturated heterocycles. The first kappa shape index (κ1) is 10.6. The van der Waals surface area contributed by atoms with Gasteiger partial charge in [-0.15, -0.1) is 13.2 Å². The summed E-state index contributed by atoms with van der Waals surface area (Å²) in [5, 5.41) is 0. The molecule has 0 radical (unpaired) electrons. The molecule has 0 aliphatic heterocycles. The monoisotopic (exact) mass is 207 g/mol. The lowest BCUT2D eigenvalue weighted by Crippen LogP contribution is -2.18. The molecule has 0 fully saturated rings. The maximum atomic E-state index is 11.8. The standard InChI is InChI=1S/C7H8F3N3O/c8-7(9,10)14-5-1-4(2-11)3-13-6(5)12/h1,3H,2,11H2,(H2,12,13). The van der Waals surface area contributed by atoms with Crippen molar-refractivity contribution in [3.63, 3.8) is 0 Å². The van der Waals surface area contributed by atoms with Gasteiger partial charge in [-0.25, -0.2) is 4.98 Å². The zero-order valence-electron chi connectivity index (χ0n) is 7.01. The van der Waals surface area contributed by atoms with Crippen LogP contribution in [-0.4, -0.2) is 11.3 Å². The number of pyridine rings is 1. The van der Waals surface area contributed by atoms with E-state index in [1.807, 2.05) is 0 Å². The van der Waals surface area contributed by atoms with Gasteiger partial charge in [0.05, 0.1) is 0 Å². The minimum Gasteiger partial charge on any atom is -0.402 e. The molecule has 78 valence electrons. The van der Waals surface area contributed by atoms with Gasteiger partial charge in [-0.2, -0.15) is 0 Å². The van der Waals surface area contributed by atoms with Gasteiger partial charge in [0, 0.05) is 12.7 Å². The number of alkyl halides is 3. The van der Waals surface area contributed by atoms with Crippen LogP contribution in [0.1, 0.15) is 5.56 Å². The number of ether oxygens (including phenoxy) is 1. The summed E-state index contributed by atoms with van der Waals surface area (Å²) in [6, 6.07) is 1.11. The molecular formula is C7H8F3N3O. The van der Waals surface area contributed by atoms with Gasteiger partial charge in [0.1, 0.15) is 0 Å². The number of hydrogen-bond donors (Lipinski definition) is 2. The maximum absolute atomic E-state index is 11.8. The number of rotatable bonds is 2. The van der Waals surface area contributed by atoms with Gasteiger partial charge in [0.2, 0.25) is 0 Å². The molecule has 0 saturated carbocycles. The van der Waals surface area contributed by atoms with Gasteiger partial charge in [0.25, 0.3) is 0 Å². The van der Waals surface area contributed by atoms with Gasteiger partial charge in [-0.1, -0.05) is 0 Å². The van der Waals surface area contributed by atoms with E-state index in [9.17, 15) is 13.2 Å². The topological polar surface area (TPSA) is 74.2 Å². The highest BCUT2D eigenvalue weighted by atomic mass is 19.4. The van der Waals surface area contributed by atoms with Crippen molar-refractivity contribution < 1.29 is 17.9 Å². The number of halogens is 3. The van der Waals surface area contributed by atoms with Crippen LogP contribution in [0.25, 0.3) is 0 Å². The Hall–Kier alpha value is -1.50. The second-order valence-corrected chi connectivity index (χ2v) is 2.48. The minimum absolute atomic E-state index is 0.0709. The first-order valence-electron chi connectivity index (χ1n) is 3.62. The van der Waals surface area contributed by atoms with Gasteiger partial charge >= 0.3 is 6.36 Å². The van der Waals surface area contributed by atoms with E-state index in [0.717, 1.165) is 6.07 Å². The SMILES string of the molecule is NCc1cnc(N)c(OC(F)(F)F)c1. The van der Waals surface area contributed by atoms with Crippen molar-refractivity contribution in [3.8, 4) is 5.75 Å². The maximum Gasteiger partial charge on any atom is 0.573 e. The fourth-order valence-electron chi connectivity index (χ4n) is 0.814. The van der Waals surface area contributed by atoms with E-state index in [-0.39, 0.29) is 12.4 Å². The molecule has 0 aliphatic rings. The van der Waals surface area contributed by atoms with Crippen molar-refractivity contribution in [2.45, 2.75) is 12.9 Å². The van der Waals surface area contributed by atoms with E-state index in [1.54, 1.807) is 0 Å². The van der Waals surface area contributed by atoms with Crippen LogP contribution in [0.5, 0.6) is 5.75 Å². The largest absolute Gasteiger partial charge is 0.573 e. The van der Waals surface area contributed by atoms with Crippen LogP contribution in [0.2, 0.25) is 0 Å². The molecule has 1 aromatic rings. The number of aromatic nitrogens is 1. The van der Waals surface area contributed by atoms with E-state index >= 15 is 0 Å². The van der Waals surface area contributed by atoms with Crippen LogP contribution in [0, 0.1) is 0 Å². The highest BCUT2D eigenvalue weighted by Crippen LogP contribution is 2.27. The lowest BCUT2D eigenvalue weighted by molar-refractivity contribution is -0.274. The lowest BCUT2D eigenvalue weighted by atomic mass is 10.3. The van der Waals surface area contributed by atoms with Crippen LogP contribution in [0.3, 0.4) is 0 Å². The van der Waals surface area contributed by atoms with Crippen LogP contribution in [-0.2, 0) is 6.54 Å². The van der Waals surface area contributed by atoms with Crippen LogP contribution in [0.15, 0.2) is 12.3 Å². The van der Waals surface area contributed by atoms with Gasteiger partial charge in [0.15, 0.2) is 11.6 Å². The van der Waals surface area contributed by atoms with Crippen molar-refractivity contribution >= 4 is 5.82 Å². The van der Waals surface area contributed by atoms with Crippen molar-refractivity contribution in [3.05, 3.63) is 17.8 Å². The van der Waals surface area contributed by atoms with Crippen molar-refractivity contribution in [1.29, 1.82) is 0 Å². The molecule has 0 spiro atoms. The molecule has 4 N–H and O–H groups in total. The fraction of sp³-hybridized carbons (Fsp3) is 0.286. The van der Waals surface area contributed by atoms with Crippen molar-refractivity contribution in [2.75, 3.05) is 5.73 Å². The van der Waals surface area contributed by atoms with Crippen molar-refractivity contribution in [1.82, 2.24) is 4.98 Å².